The van der Waals surface area contributed by atoms with Gasteiger partial charge in [-0.05, 0) is 43.7 Å². The van der Waals surface area contributed by atoms with Gasteiger partial charge >= 0.3 is 0 Å². The second-order valence-electron chi connectivity index (χ2n) is 6.96. The van der Waals surface area contributed by atoms with Crippen molar-refractivity contribution in [2.24, 2.45) is 5.73 Å². The summed E-state index contributed by atoms with van der Waals surface area (Å²) in [5.74, 6) is -1.57. The molecule has 0 heterocycles. The molecule has 0 aliphatic rings. The Balaban J connectivity index is 2.36. The Bertz CT molecular complexity index is 975. The largest absolute Gasteiger partial charge is 0.397 e. The maximum atomic E-state index is 14.1. The molecule has 0 spiro atoms. The van der Waals surface area contributed by atoms with Crippen LogP contribution < -0.4 is 16.4 Å². The van der Waals surface area contributed by atoms with Crippen molar-refractivity contribution >= 4 is 35.3 Å². The molecular weight excluding hydrogens is 407 g/mol. The van der Waals surface area contributed by atoms with Crippen molar-refractivity contribution in [3.63, 3.8) is 0 Å². The monoisotopic (exact) mass is 430 g/mol. The van der Waals surface area contributed by atoms with Crippen LogP contribution in [0.3, 0.4) is 0 Å². The fourth-order valence-electron chi connectivity index (χ4n) is 2.87. The number of hydrogen-bond acceptors (Lipinski definition) is 4. The molecule has 158 valence electrons. The Labute approximate surface area is 179 Å². The minimum atomic E-state index is -0.724. The van der Waals surface area contributed by atoms with Crippen molar-refractivity contribution in [1.82, 2.24) is 10.6 Å². The molecule has 30 heavy (non-hydrogen) atoms. The minimum absolute atomic E-state index is 0.0167. The summed E-state index contributed by atoms with van der Waals surface area (Å²) in [5.41, 5.74) is 6.23. The van der Waals surface area contributed by atoms with E-state index < -0.39 is 17.8 Å². The average molecular weight is 431 g/mol. The SMILES string of the molecule is CC(C)NC(=O)C[C@H](NC(=O)/C(C=N)=C(/N)c1ccccc1F)c1cccc(Cl)c1. The van der Waals surface area contributed by atoms with Crippen LogP contribution in [0.25, 0.3) is 5.70 Å². The van der Waals surface area contributed by atoms with E-state index in [0.717, 1.165) is 6.21 Å². The predicted molar refractivity (Wildman–Crippen MR) is 117 cm³/mol. The first-order valence-corrected chi connectivity index (χ1v) is 9.71. The Hall–Kier alpha value is -3.19. The van der Waals surface area contributed by atoms with Gasteiger partial charge in [-0.2, -0.15) is 0 Å². The third-order valence-electron chi connectivity index (χ3n) is 4.24. The van der Waals surface area contributed by atoms with Gasteiger partial charge in [0.2, 0.25) is 5.91 Å². The van der Waals surface area contributed by atoms with E-state index in [0.29, 0.717) is 10.6 Å². The van der Waals surface area contributed by atoms with E-state index in [9.17, 15) is 14.0 Å². The molecule has 2 aromatic carbocycles. The number of amides is 2. The summed E-state index contributed by atoms with van der Waals surface area (Å²) in [6.45, 7) is 3.66. The van der Waals surface area contributed by atoms with Crippen molar-refractivity contribution < 1.29 is 14.0 Å². The average Bonchev–Trinajstić information content (AvgIpc) is 2.67. The number of rotatable bonds is 8. The van der Waals surface area contributed by atoms with Gasteiger partial charge in [-0.15, -0.1) is 0 Å². The van der Waals surface area contributed by atoms with E-state index in [2.05, 4.69) is 10.6 Å². The first-order valence-electron chi connectivity index (χ1n) is 9.33. The molecule has 2 amide bonds. The van der Waals surface area contributed by atoms with Crippen LogP contribution in [0, 0.1) is 11.2 Å². The van der Waals surface area contributed by atoms with E-state index >= 15 is 0 Å². The molecule has 0 saturated heterocycles. The highest BCUT2D eigenvalue weighted by atomic mass is 35.5. The molecule has 0 aromatic heterocycles. The number of halogens is 2. The van der Waals surface area contributed by atoms with Gasteiger partial charge in [0, 0.05) is 22.8 Å². The zero-order chi connectivity index (χ0) is 22.3. The van der Waals surface area contributed by atoms with Crippen molar-refractivity contribution in [1.29, 1.82) is 5.41 Å². The highest BCUT2D eigenvalue weighted by Gasteiger charge is 2.22. The topological polar surface area (TPSA) is 108 Å². The highest BCUT2D eigenvalue weighted by molar-refractivity contribution is 6.30. The minimum Gasteiger partial charge on any atom is -0.397 e. The van der Waals surface area contributed by atoms with Gasteiger partial charge in [0.05, 0.1) is 23.7 Å². The van der Waals surface area contributed by atoms with Crippen LogP contribution in [-0.2, 0) is 9.59 Å². The van der Waals surface area contributed by atoms with Gasteiger partial charge in [-0.1, -0.05) is 35.9 Å². The molecule has 2 aromatic rings. The zero-order valence-corrected chi connectivity index (χ0v) is 17.5. The van der Waals surface area contributed by atoms with E-state index in [4.69, 9.17) is 22.7 Å². The fourth-order valence-corrected chi connectivity index (χ4v) is 3.07. The smallest absolute Gasteiger partial charge is 0.255 e. The summed E-state index contributed by atoms with van der Waals surface area (Å²) in [4.78, 5) is 25.2. The lowest BCUT2D eigenvalue weighted by molar-refractivity contribution is -0.122. The fraction of sp³-hybridized carbons (Fsp3) is 0.227. The predicted octanol–water partition coefficient (Wildman–Crippen LogP) is 3.57. The summed E-state index contributed by atoms with van der Waals surface area (Å²) >= 11 is 6.06. The molecular formula is C22H24ClFN4O2. The highest BCUT2D eigenvalue weighted by Crippen LogP contribution is 2.22. The standard InChI is InChI=1S/C22H24ClFN4O2/c1-13(2)27-20(29)11-19(14-6-5-7-15(23)10-14)28-22(30)17(12-25)21(26)16-8-3-4-9-18(16)24/h3-10,12-13,19,25H,11,26H2,1-2H3,(H,27,29)(H,28,30)/b21-17+,25-12?/t19-/m0/s1. The summed E-state index contributed by atoms with van der Waals surface area (Å²) < 4.78 is 14.1. The van der Waals surface area contributed by atoms with Crippen molar-refractivity contribution in [3.05, 3.63) is 76.1 Å². The summed E-state index contributed by atoms with van der Waals surface area (Å²) in [5, 5.41) is 13.6. The Morgan fingerprint density at radius 1 is 1.17 bits per heavy atom. The molecule has 5 N–H and O–H groups in total. The molecule has 0 aliphatic carbocycles. The number of carbonyl (C=O) groups is 2. The molecule has 6 nitrogen and oxygen atoms in total. The molecule has 1 atom stereocenters. The lowest BCUT2D eigenvalue weighted by Crippen LogP contribution is -2.37. The maximum absolute atomic E-state index is 14.1. The third-order valence-corrected chi connectivity index (χ3v) is 4.47. The number of nitrogens with two attached hydrogens (primary N) is 1. The van der Waals surface area contributed by atoms with Gasteiger partial charge < -0.3 is 21.8 Å². The maximum Gasteiger partial charge on any atom is 0.255 e. The van der Waals surface area contributed by atoms with Gasteiger partial charge in [0.25, 0.3) is 5.91 Å². The van der Waals surface area contributed by atoms with E-state index in [-0.39, 0.29) is 35.2 Å². The molecule has 0 fully saturated rings. The molecule has 8 heteroatoms. The number of benzene rings is 2. The van der Waals surface area contributed by atoms with Crippen molar-refractivity contribution in [2.75, 3.05) is 0 Å². The third kappa shape index (κ3) is 6.15. The lowest BCUT2D eigenvalue weighted by atomic mass is 10.0. The first-order chi connectivity index (χ1) is 14.2. The number of carbonyl (C=O) groups excluding carboxylic acids is 2. The second kappa shape index (κ2) is 10.5. The van der Waals surface area contributed by atoms with Gasteiger partial charge in [0.1, 0.15) is 5.82 Å². The van der Waals surface area contributed by atoms with Crippen molar-refractivity contribution in [3.8, 4) is 0 Å². The van der Waals surface area contributed by atoms with Crippen LogP contribution in [0.4, 0.5) is 4.39 Å². The Kier molecular flexibility index (Phi) is 8.12. The van der Waals surface area contributed by atoms with Crippen LogP contribution >= 0.6 is 11.6 Å². The zero-order valence-electron chi connectivity index (χ0n) is 16.7. The molecule has 0 bridgehead atoms. The van der Waals surface area contributed by atoms with Gasteiger partial charge in [0.15, 0.2) is 0 Å². The van der Waals surface area contributed by atoms with Crippen molar-refractivity contribution in [2.45, 2.75) is 32.4 Å². The van der Waals surface area contributed by atoms with Crippen LogP contribution in [-0.4, -0.2) is 24.1 Å². The van der Waals surface area contributed by atoms with Crippen LogP contribution in [0.1, 0.15) is 37.4 Å². The summed E-state index contributed by atoms with van der Waals surface area (Å²) in [6.07, 6.45) is 0.718. The molecule has 0 radical (unpaired) electrons. The molecule has 0 saturated carbocycles. The van der Waals surface area contributed by atoms with Gasteiger partial charge in [-0.3, -0.25) is 9.59 Å². The van der Waals surface area contributed by atoms with E-state index in [1.165, 1.54) is 18.2 Å². The van der Waals surface area contributed by atoms with E-state index in [1.807, 2.05) is 13.8 Å². The molecule has 2 rings (SSSR count). The molecule has 0 unspecified atom stereocenters. The Morgan fingerprint density at radius 3 is 2.47 bits per heavy atom. The number of hydrogen-bond donors (Lipinski definition) is 4. The van der Waals surface area contributed by atoms with Gasteiger partial charge in [-0.25, -0.2) is 4.39 Å². The van der Waals surface area contributed by atoms with Crippen LogP contribution in [0.2, 0.25) is 5.02 Å². The van der Waals surface area contributed by atoms with E-state index in [1.54, 1.807) is 30.3 Å². The Morgan fingerprint density at radius 2 is 1.87 bits per heavy atom. The normalized spacial score (nSPS) is 12.7. The van der Waals surface area contributed by atoms with Crippen LogP contribution in [0.15, 0.2) is 54.1 Å². The summed E-state index contributed by atoms with van der Waals surface area (Å²) in [7, 11) is 0. The molecule has 0 aliphatic heterocycles. The lowest BCUT2D eigenvalue weighted by Gasteiger charge is -2.21. The second-order valence-corrected chi connectivity index (χ2v) is 7.40. The number of nitrogens with one attached hydrogen (secondary N) is 3. The van der Waals surface area contributed by atoms with Crippen LogP contribution in [0.5, 0.6) is 0 Å². The summed E-state index contributed by atoms with van der Waals surface area (Å²) in [6, 6.07) is 11.7. The quantitative estimate of drug-likeness (QED) is 0.379. The first kappa shape index (κ1) is 23.1.